The van der Waals surface area contributed by atoms with Gasteiger partial charge < -0.3 is 19.7 Å². The highest BCUT2D eigenvalue weighted by atomic mass is 32.2. The highest BCUT2D eigenvalue weighted by Crippen LogP contribution is 2.10. The first-order valence-corrected chi connectivity index (χ1v) is 9.96. The van der Waals surface area contributed by atoms with E-state index in [0.29, 0.717) is 17.9 Å². The molecule has 1 amide bonds. The van der Waals surface area contributed by atoms with E-state index in [9.17, 15) is 13.2 Å². The van der Waals surface area contributed by atoms with Gasteiger partial charge in [-0.25, -0.2) is 13.1 Å². The van der Waals surface area contributed by atoms with E-state index in [1.165, 1.54) is 4.90 Å². The van der Waals surface area contributed by atoms with Crippen LogP contribution in [0.5, 0.6) is 5.75 Å². The number of ether oxygens (including phenoxy) is 2. The molecular formula is C16H26N3O5S+. The van der Waals surface area contributed by atoms with Crippen molar-refractivity contribution < 1.29 is 27.6 Å². The fourth-order valence-corrected chi connectivity index (χ4v) is 3.44. The molecule has 1 heterocycles. The standard InChI is InChI=1S/C16H25N3O5S/c1-23-15-4-2-14(3-5-15)16(20)17-7-13-25(21,22)18-6-8-19-9-11-24-12-10-19/h2-5,18H,6-13H2,1H3,(H,17,20)/p+1. The number of morpholine rings is 1. The molecule has 8 nitrogen and oxygen atoms in total. The lowest BCUT2D eigenvalue weighted by molar-refractivity contribution is -0.906. The topological polar surface area (TPSA) is 98.2 Å². The largest absolute Gasteiger partial charge is 0.497 e. The molecule has 0 bridgehead atoms. The molecule has 1 aliphatic heterocycles. The van der Waals surface area contributed by atoms with Crippen molar-refractivity contribution in [1.82, 2.24) is 10.0 Å². The van der Waals surface area contributed by atoms with Crippen LogP contribution in [0.1, 0.15) is 10.4 Å². The maximum Gasteiger partial charge on any atom is 0.251 e. The first-order chi connectivity index (χ1) is 12.0. The first kappa shape index (κ1) is 19.6. The van der Waals surface area contributed by atoms with Crippen molar-refractivity contribution in [1.29, 1.82) is 0 Å². The smallest absolute Gasteiger partial charge is 0.251 e. The van der Waals surface area contributed by atoms with Crippen LogP contribution < -0.4 is 19.7 Å². The zero-order valence-electron chi connectivity index (χ0n) is 14.4. The van der Waals surface area contributed by atoms with E-state index in [2.05, 4.69) is 10.0 Å². The second kappa shape index (κ2) is 9.71. The second-order valence-electron chi connectivity index (χ2n) is 5.81. The third-order valence-corrected chi connectivity index (χ3v) is 5.39. The Balaban J connectivity index is 1.67. The molecule has 140 valence electrons. The minimum absolute atomic E-state index is 0.0601. The van der Waals surface area contributed by atoms with Crippen molar-refractivity contribution >= 4 is 15.9 Å². The lowest BCUT2D eigenvalue weighted by Gasteiger charge is -2.23. The van der Waals surface area contributed by atoms with E-state index < -0.39 is 10.0 Å². The van der Waals surface area contributed by atoms with Gasteiger partial charge in [-0.3, -0.25) is 4.79 Å². The Labute approximate surface area is 148 Å². The number of amides is 1. The highest BCUT2D eigenvalue weighted by Gasteiger charge is 2.16. The van der Waals surface area contributed by atoms with Crippen molar-refractivity contribution in [3.05, 3.63) is 29.8 Å². The average molecular weight is 372 g/mol. The number of methoxy groups -OCH3 is 1. The first-order valence-electron chi connectivity index (χ1n) is 8.31. The zero-order chi connectivity index (χ0) is 18.1. The molecular weight excluding hydrogens is 346 g/mol. The van der Waals surface area contributed by atoms with Gasteiger partial charge in [0.25, 0.3) is 5.91 Å². The summed E-state index contributed by atoms with van der Waals surface area (Å²) in [5.41, 5.74) is 0.460. The summed E-state index contributed by atoms with van der Waals surface area (Å²) < 4.78 is 36.8. The van der Waals surface area contributed by atoms with Gasteiger partial charge in [0.05, 0.1) is 39.2 Å². The maximum atomic E-state index is 12.0. The molecule has 3 N–H and O–H groups in total. The van der Waals surface area contributed by atoms with Crippen LogP contribution >= 0.6 is 0 Å². The van der Waals surface area contributed by atoms with E-state index >= 15 is 0 Å². The number of rotatable bonds is 9. The summed E-state index contributed by atoms with van der Waals surface area (Å²) in [7, 11) is -1.85. The summed E-state index contributed by atoms with van der Waals surface area (Å²) in [5, 5.41) is 2.61. The summed E-state index contributed by atoms with van der Waals surface area (Å²) in [6.45, 7) is 4.44. The van der Waals surface area contributed by atoms with Crippen LogP contribution in [0.4, 0.5) is 0 Å². The van der Waals surface area contributed by atoms with Gasteiger partial charge in [-0.05, 0) is 24.3 Å². The zero-order valence-corrected chi connectivity index (χ0v) is 15.2. The number of carbonyl (C=O) groups is 1. The van der Waals surface area contributed by atoms with Crippen LogP contribution in [0.25, 0.3) is 0 Å². The Morgan fingerprint density at radius 2 is 1.88 bits per heavy atom. The van der Waals surface area contributed by atoms with Crippen LogP contribution in [-0.2, 0) is 14.8 Å². The second-order valence-corrected chi connectivity index (χ2v) is 7.74. The molecule has 0 spiro atoms. The normalized spacial score (nSPS) is 15.7. The SMILES string of the molecule is COc1ccc(C(=O)NCCS(=O)(=O)NCC[NH+]2CCOCC2)cc1. The van der Waals surface area contributed by atoms with Crippen molar-refractivity contribution in [3.63, 3.8) is 0 Å². The van der Waals surface area contributed by atoms with Crippen molar-refractivity contribution in [2.75, 3.05) is 58.8 Å². The lowest BCUT2D eigenvalue weighted by atomic mass is 10.2. The van der Waals surface area contributed by atoms with E-state index in [1.54, 1.807) is 31.4 Å². The lowest BCUT2D eigenvalue weighted by Crippen LogP contribution is -3.14. The van der Waals surface area contributed by atoms with Crippen LogP contribution in [0.2, 0.25) is 0 Å². The van der Waals surface area contributed by atoms with Gasteiger partial charge in [0.1, 0.15) is 18.8 Å². The predicted molar refractivity (Wildman–Crippen MR) is 93.5 cm³/mol. The third kappa shape index (κ3) is 6.99. The van der Waals surface area contributed by atoms with Crippen LogP contribution in [0.15, 0.2) is 24.3 Å². The number of quaternary nitrogens is 1. The summed E-state index contributed by atoms with van der Waals surface area (Å²) in [4.78, 5) is 13.3. The van der Waals surface area contributed by atoms with Gasteiger partial charge in [0.2, 0.25) is 10.0 Å². The number of sulfonamides is 1. The number of hydrogen-bond acceptors (Lipinski definition) is 5. The van der Waals surface area contributed by atoms with Gasteiger partial charge in [0.15, 0.2) is 0 Å². The van der Waals surface area contributed by atoms with Gasteiger partial charge in [-0.2, -0.15) is 0 Å². The average Bonchev–Trinajstić information content (AvgIpc) is 2.62. The van der Waals surface area contributed by atoms with Crippen LogP contribution in [0, 0.1) is 0 Å². The van der Waals surface area contributed by atoms with Gasteiger partial charge in [0, 0.05) is 12.1 Å². The number of hydrogen-bond donors (Lipinski definition) is 3. The monoisotopic (exact) mass is 372 g/mol. The van der Waals surface area contributed by atoms with Gasteiger partial charge in [-0.1, -0.05) is 0 Å². The molecule has 25 heavy (non-hydrogen) atoms. The highest BCUT2D eigenvalue weighted by molar-refractivity contribution is 7.89. The van der Waals surface area contributed by atoms with Gasteiger partial charge >= 0.3 is 0 Å². The van der Waals surface area contributed by atoms with Crippen molar-refractivity contribution in [2.45, 2.75) is 0 Å². The molecule has 1 fully saturated rings. The number of benzene rings is 1. The molecule has 0 aromatic heterocycles. The molecule has 1 saturated heterocycles. The van der Waals surface area contributed by atoms with Gasteiger partial charge in [-0.15, -0.1) is 0 Å². The molecule has 1 aromatic carbocycles. The van der Waals surface area contributed by atoms with E-state index in [-0.39, 0.29) is 18.2 Å². The fraction of sp³-hybridized carbons (Fsp3) is 0.562. The van der Waals surface area contributed by atoms with E-state index in [0.717, 1.165) is 32.8 Å². The number of carbonyl (C=O) groups excluding carboxylic acids is 1. The Kier molecular flexibility index (Phi) is 7.63. The Hall–Kier alpha value is -1.68. The molecule has 0 radical (unpaired) electrons. The van der Waals surface area contributed by atoms with Crippen molar-refractivity contribution in [2.24, 2.45) is 0 Å². The van der Waals surface area contributed by atoms with Crippen molar-refractivity contribution in [3.8, 4) is 5.75 Å². The van der Waals surface area contributed by atoms with E-state index in [4.69, 9.17) is 9.47 Å². The molecule has 1 aromatic rings. The third-order valence-electron chi connectivity index (χ3n) is 4.01. The Bertz CT molecular complexity index is 642. The molecule has 2 rings (SSSR count). The molecule has 1 aliphatic rings. The molecule has 0 aliphatic carbocycles. The minimum atomic E-state index is -3.40. The Morgan fingerprint density at radius 3 is 2.52 bits per heavy atom. The maximum absolute atomic E-state index is 12.0. The van der Waals surface area contributed by atoms with Crippen LogP contribution in [0.3, 0.4) is 0 Å². The molecule has 9 heteroatoms. The van der Waals surface area contributed by atoms with E-state index in [1.807, 2.05) is 0 Å². The molecule has 0 unspecified atom stereocenters. The minimum Gasteiger partial charge on any atom is -0.497 e. The predicted octanol–water partition coefficient (Wildman–Crippen LogP) is -1.74. The summed E-state index contributed by atoms with van der Waals surface area (Å²) in [6.07, 6.45) is 0. The molecule has 0 saturated carbocycles. The summed E-state index contributed by atoms with van der Waals surface area (Å²) >= 11 is 0. The number of nitrogens with one attached hydrogen (secondary N) is 3. The fourth-order valence-electron chi connectivity index (χ4n) is 2.51. The quantitative estimate of drug-likeness (QED) is 0.478. The summed E-state index contributed by atoms with van der Waals surface area (Å²) in [6, 6.07) is 6.63. The molecule has 0 atom stereocenters. The van der Waals surface area contributed by atoms with Crippen LogP contribution in [-0.4, -0.2) is 73.1 Å². The summed E-state index contributed by atoms with van der Waals surface area (Å²) in [5.74, 6) is 0.203. The Morgan fingerprint density at radius 1 is 1.20 bits per heavy atom.